The van der Waals surface area contributed by atoms with Crippen molar-refractivity contribution >= 4 is 23.6 Å². The molecule has 7 nitrogen and oxygen atoms in total. The standard InChI is InChI=1S/C18H17ClN6O/c1-24-17(15(19)11-21-24)9-16-13-6-2-3-7-14(13)18(26)25(16)8-4-5-12-10-20-23-22-12/h2-7,10-11,16H,8-9H2,1H3,(H,20,22,23). The molecule has 0 aliphatic carbocycles. The van der Waals surface area contributed by atoms with Crippen LogP contribution in [0.4, 0.5) is 0 Å². The topological polar surface area (TPSA) is 79.7 Å². The molecule has 2 aromatic heterocycles. The van der Waals surface area contributed by atoms with E-state index in [-0.39, 0.29) is 11.9 Å². The van der Waals surface area contributed by atoms with Crippen molar-refractivity contribution in [3.63, 3.8) is 0 Å². The van der Waals surface area contributed by atoms with Crippen LogP contribution >= 0.6 is 11.6 Å². The number of H-pyrrole nitrogens is 1. The number of halogens is 1. The van der Waals surface area contributed by atoms with Crippen molar-refractivity contribution in [1.82, 2.24) is 30.1 Å². The summed E-state index contributed by atoms with van der Waals surface area (Å²) in [6.45, 7) is 0.473. The normalized spacial score (nSPS) is 16.6. The van der Waals surface area contributed by atoms with Gasteiger partial charge in [0.1, 0.15) is 5.69 Å². The minimum atomic E-state index is -0.0893. The zero-order valence-corrected chi connectivity index (χ0v) is 14.9. The van der Waals surface area contributed by atoms with Gasteiger partial charge >= 0.3 is 0 Å². The highest BCUT2D eigenvalue weighted by atomic mass is 35.5. The Morgan fingerprint density at radius 2 is 2.15 bits per heavy atom. The fourth-order valence-corrected chi connectivity index (χ4v) is 3.55. The zero-order valence-electron chi connectivity index (χ0n) is 14.1. The van der Waals surface area contributed by atoms with E-state index in [4.69, 9.17) is 11.6 Å². The van der Waals surface area contributed by atoms with E-state index in [2.05, 4.69) is 20.5 Å². The van der Waals surface area contributed by atoms with E-state index in [9.17, 15) is 4.79 Å². The second kappa shape index (κ2) is 6.76. The Labute approximate surface area is 155 Å². The molecule has 8 heteroatoms. The van der Waals surface area contributed by atoms with Gasteiger partial charge in [-0.2, -0.15) is 20.5 Å². The van der Waals surface area contributed by atoms with Crippen molar-refractivity contribution in [2.24, 2.45) is 7.05 Å². The van der Waals surface area contributed by atoms with Gasteiger partial charge in [-0.3, -0.25) is 9.48 Å². The SMILES string of the molecule is Cn1ncc(Cl)c1CC1c2ccccc2C(=O)N1CC=Cc1cn[nH]n1. The fourth-order valence-electron chi connectivity index (χ4n) is 3.30. The number of aromatic nitrogens is 5. The maximum atomic E-state index is 12.9. The fraction of sp³-hybridized carbons (Fsp3) is 0.222. The van der Waals surface area contributed by atoms with Gasteiger partial charge in [0.25, 0.3) is 5.91 Å². The largest absolute Gasteiger partial charge is 0.327 e. The minimum absolute atomic E-state index is 0.0219. The molecule has 1 aromatic carbocycles. The van der Waals surface area contributed by atoms with E-state index in [1.165, 1.54) is 0 Å². The number of amides is 1. The second-order valence-corrected chi connectivity index (χ2v) is 6.53. The molecule has 0 saturated carbocycles. The van der Waals surface area contributed by atoms with Crippen LogP contribution in [-0.4, -0.2) is 42.5 Å². The molecule has 132 valence electrons. The van der Waals surface area contributed by atoms with Crippen LogP contribution in [0, 0.1) is 0 Å². The van der Waals surface area contributed by atoms with Crippen LogP contribution in [-0.2, 0) is 13.5 Å². The number of nitrogens with zero attached hydrogens (tertiary/aromatic N) is 5. The van der Waals surface area contributed by atoms with Crippen molar-refractivity contribution in [2.45, 2.75) is 12.5 Å². The summed E-state index contributed by atoms with van der Waals surface area (Å²) in [6, 6.07) is 7.63. The van der Waals surface area contributed by atoms with Gasteiger partial charge in [-0.25, -0.2) is 0 Å². The van der Waals surface area contributed by atoms with E-state index in [0.29, 0.717) is 18.0 Å². The van der Waals surface area contributed by atoms with Crippen molar-refractivity contribution < 1.29 is 4.79 Å². The molecule has 1 aliphatic heterocycles. The third-order valence-electron chi connectivity index (χ3n) is 4.61. The van der Waals surface area contributed by atoms with E-state index >= 15 is 0 Å². The number of rotatable bonds is 5. The van der Waals surface area contributed by atoms with E-state index in [1.807, 2.05) is 48.4 Å². The van der Waals surface area contributed by atoms with Crippen LogP contribution in [0.5, 0.6) is 0 Å². The zero-order chi connectivity index (χ0) is 18.1. The lowest BCUT2D eigenvalue weighted by Crippen LogP contribution is -2.30. The monoisotopic (exact) mass is 368 g/mol. The Morgan fingerprint density at radius 1 is 1.31 bits per heavy atom. The van der Waals surface area contributed by atoms with Gasteiger partial charge in [0.05, 0.1) is 29.2 Å². The van der Waals surface area contributed by atoms with Crippen molar-refractivity contribution in [3.8, 4) is 0 Å². The minimum Gasteiger partial charge on any atom is -0.327 e. The number of carbonyl (C=O) groups excluding carboxylic acids is 1. The number of hydrogen-bond donors (Lipinski definition) is 1. The van der Waals surface area contributed by atoms with Crippen LogP contribution in [0.15, 0.2) is 42.7 Å². The van der Waals surface area contributed by atoms with Crippen molar-refractivity contribution in [2.75, 3.05) is 6.54 Å². The van der Waals surface area contributed by atoms with Gasteiger partial charge in [0.2, 0.25) is 0 Å². The van der Waals surface area contributed by atoms with Crippen LogP contribution in [0.2, 0.25) is 5.02 Å². The predicted octanol–water partition coefficient (Wildman–Crippen LogP) is 2.64. The lowest BCUT2D eigenvalue weighted by Gasteiger charge is -2.24. The van der Waals surface area contributed by atoms with Crippen LogP contribution in [0.3, 0.4) is 0 Å². The average molecular weight is 369 g/mol. The first-order valence-corrected chi connectivity index (χ1v) is 8.61. The summed E-state index contributed by atoms with van der Waals surface area (Å²) in [5.41, 5.74) is 3.39. The van der Waals surface area contributed by atoms with Gasteiger partial charge in [-0.1, -0.05) is 35.9 Å². The Hall–Kier alpha value is -2.93. The Morgan fingerprint density at radius 3 is 2.88 bits per heavy atom. The Bertz CT molecular complexity index is 942. The number of nitrogens with one attached hydrogen (secondary N) is 1. The number of carbonyl (C=O) groups is 1. The molecule has 0 saturated heterocycles. The van der Waals surface area contributed by atoms with E-state index in [0.717, 1.165) is 22.5 Å². The molecular formula is C18H17ClN6O. The van der Waals surface area contributed by atoms with Crippen LogP contribution < -0.4 is 0 Å². The third kappa shape index (κ3) is 2.90. The molecule has 4 rings (SSSR count). The summed E-state index contributed by atoms with van der Waals surface area (Å²) in [5, 5.41) is 15.1. The van der Waals surface area contributed by atoms with Crippen LogP contribution in [0.25, 0.3) is 6.08 Å². The Kier molecular flexibility index (Phi) is 4.30. The maximum Gasteiger partial charge on any atom is 0.255 e. The second-order valence-electron chi connectivity index (χ2n) is 6.12. The van der Waals surface area contributed by atoms with Gasteiger partial charge < -0.3 is 4.90 Å². The van der Waals surface area contributed by atoms with E-state index in [1.54, 1.807) is 17.1 Å². The van der Waals surface area contributed by atoms with Crippen molar-refractivity contribution in [1.29, 1.82) is 0 Å². The van der Waals surface area contributed by atoms with Gasteiger partial charge in [0, 0.05) is 25.6 Å². The number of aryl methyl sites for hydroxylation is 1. The number of aromatic amines is 1. The summed E-state index contributed by atoms with van der Waals surface area (Å²) < 4.78 is 1.76. The number of fused-ring (bicyclic) bond motifs is 1. The summed E-state index contributed by atoms with van der Waals surface area (Å²) in [5.74, 6) is 0.0219. The highest BCUT2D eigenvalue weighted by molar-refractivity contribution is 6.31. The molecule has 3 aromatic rings. The lowest BCUT2D eigenvalue weighted by atomic mass is 10.0. The number of benzene rings is 1. The first-order valence-electron chi connectivity index (χ1n) is 8.23. The molecule has 0 spiro atoms. The molecular weight excluding hydrogens is 352 g/mol. The molecule has 1 atom stereocenters. The molecule has 3 heterocycles. The summed E-state index contributed by atoms with van der Waals surface area (Å²) in [4.78, 5) is 14.8. The molecule has 0 fully saturated rings. The van der Waals surface area contributed by atoms with Gasteiger partial charge in [0.15, 0.2) is 0 Å². The van der Waals surface area contributed by atoms with Gasteiger partial charge in [-0.05, 0) is 17.7 Å². The molecule has 0 bridgehead atoms. The highest BCUT2D eigenvalue weighted by Gasteiger charge is 2.36. The molecule has 1 unspecified atom stereocenters. The Balaban J connectivity index is 1.63. The smallest absolute Gasteiger partial charge is 0.255 e. The maximum absolute atomic E-state index is 12.9. The van der Waals surface area contributed by atoms with E-state index < -0.39 is 0 Å². The quantitative estimate of drug-likeness (QED) is 0.750. The van der Waals surface area contributed by atoms with Crippen molar-refractivity contribution in [3.05, 3.63) is 70.3 Å². The predicted molar refractivity (Wildman–Crippen MR) is 97.6 cm³/mol. The molecule has 1 amide bonds. The molecule has 0 radical (unpaired) electrons. The summed E-state index contributed by atoms with van der Waals surface area (Å²) in [6.07, 6.45) is 7.63. The van der Waals surface area contributed by atoms with Gasteiger partial charge in [-0.15, -0.1) is 0 Å². The first-order chi connectivity index (χ1) is 12.6. The highest BCUT2D eigenvalue weighted by Crippen LogP contribution is 2.36. The summed E-state index contributed by atoms with van der Waals surface area (Å²) >= 11 is 6.29. The van der Waals surface area contributed by atoms with Crippen LogP contribution in [0.1, 0.15) is 33.4 Å². The lowest BCUT2D eigenvalue weighted by molar-refractivity contribution is 0.0746. The summed E-state index contributed by atoms with van der Waals surface area (Å²) in [7, 11) is 1.86. The molecule has 26 heavy (non-hydrogen) atoms. The molecule has 1 aliphatic rings. The average Bonchev–Trinajstić information content (AvgIpc) is 3.33. The molecule has 1 N–H and O–H groups in total. The first kappa shape index (κ1) is 16.5. The third-order valence-corrected chi connectivity index (χ3v) is 4.92. The number of hydrogen-bond acceptors (Lipinski definition) is 4.